The summed E-state index contributed by atoms with van der Waals surface area (Å²) in [6, 6.07) is 0. The quantitative estimate of drug-likeness (QED) is 0.686. The van der Waals surface area contributed by atoms with E-state index < -0.39 is 5.79 Å². The second-order valence-corrected chi connectivity index (χ2v) is 9.72. The number of fused-ring (bicyclic) bond motifs is 4. The van der Waals surface area contributed by atoms with Gasteiger partial charge in [0.05, 0.1) is 6.61 Å². The monoisotopic (exact) mass is 330 g/mol. The molecule has 7 atom stereocenters. The molecule has 0 unspecified atom stereocenters. The standard InChI is InChI=1S/C21H30O3/c1-19-9-7-14(22)11-13(19)3-4-15-16(19)8-10-21-12-24-20(2,23)18(21)6-5-17(15)21/h8,13,15,17-18,23H,3-7,9-12H2,1-2H3/t13-,15-,17+,18-,19+,20+,21-/m1/s1. The fraction of sp³-hybridized carbons (Fsp3) is 0.857. The van der Waals surface area contributed by atoms with Gasteiger partial charge < -0.3 is 9.84 Å². The van der Waals surface area contributed by atoms with Crippen LogP contribution >= 0.6 is 0 Å². The van der Waals surface area contributed by atoms with Crippen molar-refractivity contribution in [1.82, 2.24) is 0 Å². The molecule has 3 heteroatoms. The van der Waals surface area contributed by atoms with E-state index in [1.807, 2.05) is 6.92 Å². The van der Waals surface area contributed by atoms with Gasteiger partial charge in [0, 0.05) is 24.2 Å². The summed E-state index contributed by atoms with van der Waals surface area (Å²) in [5, 5.41) is 10.7. The Labute approximate surface area is 144 Å². The van der Waals surface area contributed by atoms with Crippen molar-refractivity contribution in [3.8, 4) is 0 Å². The van der Waals surface area contributed by atoms with Crippen LogP contribution in [-0.2, 0) is 9.53 Å². The van der Waals surface area contributed by atoms with Gasteiger partial charge in [-0.2, -0.15) is 0 Å². The maximum Gasteiger partial charge on any atom is 0.166 e. The Kier molecular flexibility index (Phi) is 3.07. The van der Waals surface area contributed by atoms with Crippen LogP contribution in [0.5, 0.6) is 0 Å². The topological polar surface area (TPSA) is 46.5 Å². The van der Waals surface area contributed by atoms with Gasteiger partial charge in [0.1, 0.15) is 5.78 Å². The summed E-state index contributed by atoms with van der Waals surface area (Å²) < 4.78 is 5.87. The highest BCUT2D eigenvalue weighted by molar-refractivity contribution is 5.80. The van der Waals surface area contributed by atoms with E-state index in [-0.39, 0.29) is 10.8 Å². The summed E-state index contributed by atoms with van der Waals surface area (Å²) in [6.45, 7) is 5.04. The van der Waals surface area contributed by atoms with E-state index in [9.17, 15) is 9.90 Å². The first-order valence-electron chi connectivity index (χ1n) is 9.95. The minimum Gasteiger partial charge on any atom is -0.365 e. The second-order valence-electron chi connectivity index (χ2n) is 9.72. The molecule has 3 saturated carbocycles. The molecule has 5 aliphatic rings. The van der Waals surface area contributed by atoms with Crippen molar-refractivity contribution in [3.05, 3.63) is 11.6 Å². The normalized spacial score (nSPS) is 56.1. The van der Waals surface area contributed by atoms with Gasteiger partial charge in [-0.25, -0.2) is 0 Å². The van der Waals surface area contributed by atoms with Gasteiger partial charge >= 0.3 is 0 Å². The van der Waals surface area contributed by atoms with Gasteiger partial charge in [-0.05, 0) is 68.6 Å². The van der Waals surface area contributed by atoms with Crippen molar-refractivity contribution in [2.45, 2.75) is 71.0 Å². The van der Waals surface area contributed by atoms with Crippen LogP contribution in [0.1, 0.15) is 65.2 Å². The van der Waals surface area contributed by atoms with Gasteiger partial charge in [-0.3, -0.25) is 4.79 Å². The minimum atomic E-state index is -0.932. The minimum absolute atomic E-state index is 0.172. The van der Waals surface area contributed by atoms with E-state index in [0.717, 1.165) is 38.7 Å². The van der Waals surface area contributed by atoms with Crippen molar-refractivity contribution in [1.29, 1.82) is 0 Å². The van der Waals surface area contributed by atoms with E-state index in [1.54, 1.807) is 5.57 Å². The summed E-state index contributed by atoms with van der Waals surface area (Å²) >= 11 is 0. The molecule has 3 nitrogen and oxygen atoms in total. The number of carbonyl (C=O) groups is 1. The summed E-state index contributed by atoms with van der Waals surface area (Å²) in [6.07, 6.45) is 11.0. The third-order valence-corrected chi connectivity index (χ3v) is 8.85. The fourth-order valence-corrected chi connectivity index (χ4v) is 7.59. The lowest BCUT2D eigenvalue weighted by Crippen LogP contribution is -2.49. The first-order valence-corrected chi connectivity index (χ1v) is 9.95. The molecule has 1 saturated heterocycles. The lowest BCUT2D eigenvalue weighted by atomic mass is 9.48. The van der Waals surface area contributed by atoms with Crippen molar-refractivity contribution in [2.75, 3.05) is 6.61 Å². The van der Waals surface area contributed by atoms with Gasteiger partial charge in [-0.1, -0.05) is 18.6 Å². The number of aliphatic hydroxyl groups is 1. The van der Waals surface area contributed by atoms with Gasteiger partial charge in [-0.15, -0.1) is 0 Å². The predicted molar refractivity (Wildman–Crippen MR) is 91.1 cm³/mol. The summed E-state index contributed by atoms with van der Waals surface area (Å²) in [5.41, 5.74) is 2.10. The third kappa shape index (κ3) is 1.78. The van der Waals surface area contributed by atoms with Crippen LogP contribution in [0.15, 0.2) is 11.6 Å². The molecule has 0 radical (unpaired) electrons. The van der Waals surface area contributed by atoms with Gasteiger partial charge in [0.25, 0.3) is 0 Å². The number of ketones is 1. The van der Waals surface area contributed by atoms with Crippen LogP contribution in [-0.4, -0.2) is 23.3 Å². The van der Waals surface area contributed by atoms with E-state index in [1.165, 1.54) is 19.3 Å². The number of carbonyl (C=O) groups excluding carboxylic acids is 1. The molecule has 132 valence electrons. The molecule has 0 bridgehead atoms. The molecule has 0 aromatic rings. The van der Waals surface area contributed by atoms with Crippen molar-refractivity contribution < 1.29 is 14.6 Å². The first kappa shape index (κ1) is 15.6. The fourth-order valence-electron chi connectivity index (χ4n) is 7.59. The molecule has 1 aliphatic heterocycles. The Morgan fingerprint density at radius 1 is 1.21 bits per heavy atom. The van der Waals surface area contributed by atoms with Crippen LogP contribution in [0.25, 0.3) is 0 Å². The molecular weight excluding hydrogens is 300 g/mol. The highest BCUT2D eigenvalue weighted by Gasteiger charge is 2.65. The summed E-state index contributed by atoms with van der Waals surface area (Å²) in [7, 11) is 0. The average Bonchev–Trinajstić information content (AvgIpc) is 3.04. The van der Waals surface area contributed by atoms with Crippen molar-refractivity contribution in [3.63, 3.8) is 0 Å². The Bertz CT molecular complexity index is 621. The predicted octanol–water partition coefficient (Wildman–Crippen LogP) is 3.85. The second kappa shape index (κ2) is 4.73. The Morgan fingerprint density at radius 3 is 2.88 bits per heavy atom. The zero-order valence-corrected chi connectivity index (χ0v) is 15.0. The molecule has 24 heavy (non-hydrogen) atoms. The summed E-state index contributed by atoms with van der Waals surface area (Å²) in [4.78, 5) is 12.0. The van der Waals surface area contributed by atoms with Crippen molar-refractivity contribution in [2.24, 2.45) is 34.5 Å². The van der Waals surface area contributed by atoms with Crippen molar-refractivity contribution >= 4 is 5.78 Å². The van der Waals surface area contributed by atoms with Crippen LogP contribution in [0.3, 0.4) is 0 Å². The molecule has 1 spiro atoms. The molecule has 0 amide bonds. The number of Topliss-reactive ketones (excluding diaryl/α,β-unsaturated/α-hetero) is 1. The zero-order valence-electron chi connectivity index (χ0n) is 15.0. The number of ether oxygens (including phenoxy) is 1. The number of allylic oxidation sites excluding steroid dienone is 2. The molecule has 4 fully saturated rings. The van der Waals surface area contributed by atoms with E-state index in [2.05, 4.69) is 13.0 Å². The van der Waals surface area contributed by atoms with Gasteiger partial charge in [0.2, 0.25) is 0 Å². The summed E-state index contributed by atoms with van der Waals surface area (Å²) in [5.74, 6) is 1.74. The van der Waals surface area contributed by atoms with Crippen LogP contribution in [0.4, 0.5) is 0 Å². The molecule has 4 aliphatic carbocycles. The SMILES string of the molecule is C[C@]1(O)OC[C@]23CC=C4[C@@H](CC[C@@H]5CC(=O)CC[C@]45C)[C@@H]2CC[C@@H]31. The highest BCUT2D eigenvalue weighted by atomic mass is 16.6. The highest BCUT2D eigenvalue weighted by Crippen LogP contribution is 2.68. The van der Waals surface area contributed by atoms with E-state index >= 15 is 0 Å². The third-order valence-electron chi connectivity index (χ3n) is 8.85. The molecule has 0 aromatic carbocycles. The average molecular weight is 330 g/mol. The smallest absolute Gasteiger partial charge is 0.166 e. The number of hydrogen-bond acceptors (Lipinski definition) is 3. The largest absolute Gasteiger partial charge is 0.365 e. The molecule has 1 N–H and O–H groups in total. The van der Waals surface area contributed by atoms with E-state index in [4.69, 9.17) is 4.74 Å². The Morgan fingerprint density at radius 2 is 2.04 bits per heavy atom. The molecule has 0 aromatic heterocycles. The zero-order chi connectivity index (χ0) is 16.7. The lowest BCUT2D eigenvalue weighted by molar-refractivity contribution is -0.180. The number of rotatable bonds is 0. The molecule has 1 heterocycles. The van der Waals surface area contributed by atoms with Crippen LogP contribution < -0.4 is 0 Å². The number of hydrogen-bond donors (Lipinski definition) is 1. The molecule has 5 rings (SSSR count). The first-order chi connectivity index (χ1) is 11.4. The maximum atomic E-state index is 12.0. The lowest BCUT2D eigenvalue weighted by Gasteiger charge is -2.55. The molecular formula is C21H30O3. The Hall–Kier alpha value is -0.670. The van der Waals surface area contributed by atoms with E-state index in [0.29, 0.717) is 29.5 Å². The van der Waals surface area contributed by atoms with Crippen LogP contribution in [0.2, 0.25) is 0 Å². The van der Waals surface area contributed by atoms with Crippen LogP contribution in [0, 0.1) is 34.5 Å². The van der Waals surface area contributed by atoms with Gasteiger partial charge in [0.15, 0.2) is 5.79 Å². The Balaban J connectivity index is 1.53. The maximum absolute atomic E-state index is 12.0.